The lowest BCUT2D eigenvalue weighted by Gasteiger charge is -2.11. The van der Waals surface area contributed by atoms with E-state index in [0.717, 1.165) is 28.0 Å². The number of halogens is 1. The van der Waals surface area contributed by atoms with Crippen LogP contribution in [0.1, 0.15) is 0 Å². The first-order valence-electron chi connectivity index (χ1n) is 7.61. The van der Waals surface area contributed by atoms with Gasteiger partial charge < -0.3 is 4.74 Å². The smallest absolute Gasteiger partial charge is 0.122 e. The Bertz CT molecular complexity index is 873. The van der Waals surface area contributed by atoms with Gasteiger partial charge >= 0.3 is 0 Å². The molecular formula is C17H19ClN4OSi. The largest absolute Gasteiger partial charge is 0.497 e. The zero-order valence-corrected chi connectivity index (χ0v) is 15.9. The van der Waals surface area contributed by atoms with Crippen LogP contribution in [0.5, 0.6) is 5.75 Å². The second-order valence-electron chi connectivity index (χ2n) is 6.54. The topological polar surface area (TPSA) is 52.8 Å². The van der Waals surface area contributed by atoms with Gasteiger partial charge in [-0.05, 0) is 24.3 Å². The molecule has 0 unspecified atom stereocenters. The van der Waals surface area contributed by atoms with Crippen LogP contribution in [0.3, 0.4) is 0 Å². The predicted octanol–water partition coefficient (Wildman–Crippen LogP) is 3.54. The second kappa shape index (κ2) is 6.37. The fourth-order valence-electron chi connectivity index (χ4n) is 2.32. The van der Waals surface area contributed by atoms with Crippen molar-refractivity contribution in [1.82, 2.24) is 20.0 Å². The number of aromatic nitrogens is 4. The number of benzene rings is 1. The third kappa shape index (κ3) is 3.34. The zero-order chi connectivity index (χ0) is 17.3. The van der Waals surface area contributed by atoms with Crippen LogP contribution < -0.4 is 10.1 Å². The molecule has 0 aliphatic carbocycles. The number of methoxy groups -OCH3 is 1. The third-order valence-corrected chi connectivity index (χ3v) is 5.71. The quantitative estimate of drug-likeness (QED) is 0.669. The number of ether oxygens (including phenoxy) is 1. The summed E-state index contributed by atoms with van der Waals surface area (Å²) in [4.78, 5) is 4.45. The molecule has 0 aliphatic rings. The summed E-state index contributed by atoms with van der Waals surface area (Å²) in [6.45, 7) is 6.73. The maximum atomic E-state index is 6.21. The van der Waals surface area contributed by atoms with Crippen molar-refractivity contribution in [2.75, 3.05) is 7.11 Å². The van der Waals surface area contributed by atoms with Gasteiger partial charge in [-0.3, -0.25) is 4.98 Å². The van der Waals surface area contributed by atoms with Gasteiger partial charge in [0.05, 0.1) is 23.8 Å². The lowest BCUT2D eigenvalue weighted by Crippen LogP contribution is -2.38. The Morgan fingerprint density at radius 3 is 2.58 bits per heavy atom. The monoisotopic (exact) mass is 358 g/mol. The van der Waals surface area contributed by atoms with Gasteiger partial charge in [-0.15, -0.1) is 5.10 Å². The number of pyridine rings is 1. The predicted molar refractivity (Wildman–Crippen MR) is 99.1 cm³/mol. The number of rotatable bonds is 4. The van der Waals surface area contributed by atoms with Crippen molar-refractivity contribution < 1.29 is 4.74 Å². The fourth-order valence-corrected chi connectivity index (χ4v) is 3.35. The molecule has 0 saturated carbocycles. The molecule has 3 aromatic rings. The van der Waals surface area contributed by atoms with E-state index >= 15 is 0 Å². The molecule has 0 atom stereocenters. The highest BCUT2D eigenvalue weighted by atomic mass is 35.5. The Labute approximate surface area is 147 Å². The average Bonchev–Trinajstić information content (AvgIpc) is 3.05. The van der Waals surface area contributed by atoms with Gasteiger partial charge in [0.2, 0.25) is 0 Å². The molecule has 7 heteroatoms. The van der Waals surface area contributed by atoms with Gasteiger partial charge in [-0.1, -0.05) is 36.5 Å². The fraction of sp³-hybridized carbons (Fsp3) is 0.235. The molecule has 0 radical (unpaired) electrons. The lowest BCUT2D eigenvalue weighted by molar-refractivity contribution is 0.414. The summed E-state index contributed by atoms with van der Waals surface area (Å²) in [6.07, 6.45) is 3.72. The highest BCUT2D eigenvalue weighted by molar-refractivity contribution is 6.88. The van der Waals surface area contributed by atoms with Gasteiger partial charge in [0, 0.05) is 29.0 Å². The number of hydrogen-bond acceptors (Lipinski definition) is 4. The van der Waals surface area contributed by atoms with Crippen LogP contribution in [-0.2, 0) is 0 Å². The lowest BCUT2D eigenvalue weighted by atomic mass is 10.1. The third-order valence-electron chi connectivity index (χ3n) is 3.71. The molecule has 1 aromatic carbocycles. The van der Waals surface area contributed by atoms with E-state index in [9.17, 15) is 0 Å². The summed E-state index contributed by atoms with van der Waals surface area (Å²) in [5.74, 6) is 0.743. The molecule has 0 N–H and O–H groups in total. The molecule has 124 valence electrons. The molecule has 0 aliphatic heterocycles. The first kappa shape index (κ1) is 16.7. The van der Waals surface area contributed by atoms with Gasteiger partial charge in [0.15, 0.2) is 0 Å². The summed E-state index contributed by atoms with van der Waals surface area (Å²) in [6, 6.07) is 9.35. The number of hydrogen-bond donors (Lipinski definition) is 0. The van der Waals surface area contributed by atoms with Crippen molar-refractivity contribution in [3.05, 3.63) is 47.7 Å². The molecule has 0 saturated heterocycles. The Kier molecular flexibility index (Phi) is 4.43. The molecule has 2 heterocycles. The van der Waals surface area contributed by atoms with E-state index in [2.05, 4.69) is 34.9 Å². The van der Waals surface area contributed by atoms with Crippen LogP contribution in [0.25, 0.3) is 16.9 Å². The van der Waals surface area contributed by atoms with Gasteiger partial charge in [-0.25, -0.2) is 4.68 Å². The first-order chi connectivity index (χ1) is 11.4. The zero-order valence-electron chi connectivity index (χ0n) is 14.1. The molecule has 2 aromatic heterocycles. The second-order valence-corrected chi connectivity index (χ2v) is 12.0. The number of nitrogens with zero attached hydrogens (tertiary/aromatic N) is 4. The van der Waals surface area contributed by atoms with Crippen LogP contribution in [0.2, 0.25) is 24.7 Å². The average molecular weight is 359 g/mol. The summed E-state index contributed by atoms with van der Waals surface area (Å²) < 4.78 is 7.09. The molecule has 3 rings (SSSR count). The van der Waals surface area contributed by atoms with E-state index in [4.69, 9.17) is 16.3 Å². The van der Waals surface area contributed by atoms with Crippen LogP contribution >= 0.6 is 11.6 Å². The van der Waals surface area contributed by atoms with Crippen LogP contribution in [0.4, 0.5) is 0 Å². The summed E-state index contributed by atoms with van der Waals surface area (Å²) in [5, 5.41) is 10.4. The molecule has 0 spiro atoms. The van der Waals surface area contributed by atoms with Crippen LogP contribution in [0.15, 0.2) is 42.7 Å². The van der Waals surface area contributed by atoms with Crippen molar-refractivity contribution in [2.24, 2.45) is 0 Å². The van der Waals surface area contributed by atoms with Gasteiger partial charge in [-0.2, -0.15) is 0 Å². The SMILES string of the molecule is COc1ccnc(-c2cc(Cl)ccc2-n2cc([Si](C)(C)C)nn2)c1. The minimum atomic E-state index is -1.52. The van der Waals surface area contributed by atoms with E-state index in [1.807, 2.05) is 36.5 Å². The summed E-state index contributed by atoms with van der Waals surface area (Å²) >= 11 is 6.21. The molecule has 5 nitrogen and oxygen atoms in total. The van der Waals surface area contributed by atoms with Crippen LogP contribution in [0, 0.1) is 0 Å². The highest BCUT2D eigenvalue weighted by Crippen LogP contribution is 2.29. The molecule has 0 fully saturated rings. The maximum Gasteiger partial charge on any atom is 0.122 e. The van der Waals surface area contributed by atoms with Crippen molar-refractivity contribution in [3.63, 3.8) is 0 Å². The van der Waals surface area contributed by atoms with Gasteiger partial charge in [0.25, 0.3) is 0 Å². The van der Waals surface area contributed by atoms with Crippen LogP contribution in [-0.4, -0.2) is 35.2 Å². The van der Waals surface area contributed by atoms with Crippen molar-refractivity contribution in [1.29, 1.82) is 0 Å². The Morgan fingerprint density at radius 2 is 1.92 bits per heavy atom. The Balaban J connectivity index is 2.14. The van der Waals surface area contributed by atoms with E-state index in [0.29, 0.717) is 5.02 Å². The Hall–Kier alpha value is -2.18. The van der Waals surface area contributed by atoms with E-state index in [-0.39, 0.29) is 0 Å². The maximum absolute atomic E-state index is 6.21. The molecule has 0 amide bonds. The van der Waals surface area contributed by atoms with Gasteiger partial charge in [0.1, 0.15) is 13.8 Å². The molecule has 24 heavy (non-hydrogen) atoms. The molecular weight excluding hydrogens is 340 g/mol. The Morgan fingerprint density at radius 1 is 1.12 bits per heavy atom. The van der Waals surface area contributed by atoms with E-state index in [1.54, 1.807) is 18.0 Å². The van der Waals surface area contributed by atoms with Crippen molar-refractivity contribution >= 4 is 25.0 Å². The van der Waals surface area contributed by atoms with Crippen molar-refractivity contribution in [2.45, 2.75) is 19.6 Å². The normalized spacial score (nSPS) is 11.5. The highest BCUT2D eigenvalue weighted by Gasteiger charge is 2.21. The summed E-state index contributed by atoms with van der Waals surface area (Å²) in [5.41, 5.74) is 2.54. The minimum Gasteiger partial charge on any atom is -0.497 e. The minimum absolute atomic E-state index is 0.643. The van der Waals surface area contributed by atoms with E-state index in [1.165, 1.54) is 0 Å². The summed E-state index contributed by atoms with van der Waals surface area (Å²) in [7, 11) is 0.111. The van der Waals surface area contributed by atoms with E-state index < -0.39 is 8.07 Å². The standard InChI is InChI=1S/C17H19ClN4OSi/c1-23-13-7-8-19-15(10-13)14-9-12(18)5-6-16(14)22-11-17(20-21-22)24(2,3)4/h5-11H,1-4H3. The molecule has 0 bridgehead atoms. The first-order valence-corrected chi connectivity index (χ1v) is 11.5. The van der Waals surface area contributed by atoms with Crippen molar-refractivity contribution in [3.8, 4) is 22.7 Å².